The number of anilines is 2. The molecule has 22 heavy (non-hydrogen) atoms. The van der Waals surface area contributed by atoms with Crippen LogP contribution in [0.3, 0.4) is 0 Å². The third-order valence-corrected chi connectivity index (χ3v) is 4.74. The van der Waals surface area contributed by atoms with Gasteiger partial charge in [-0.05, 0) is 55.0 Å². The molecule has 0 aliphatic carbocycles. The van der Waals surface area contributed by atoms with Crippen molar-refractivity contribution in [2.75, 3.05) is 16.8 Å². The summed E-state index contributed by atoms with van der Waals surface area (Å²) in [6.07, 6.45) is 2.59. The molecule has 0 radical (unpaired) electrons. The highest BCUT2D eigenvalue weighted by Crippen LogP contribution is 2.24. The van der Waals surface area contributed by atoms with E-state index in [1.54, 1.807) is 4.90 Å². The van der Waals surface area contributed by atoms with Gasteiger partial charge in [-0.3, -0.25) is 9.59 Å². The summed E-state index contributed by atoms with van der Waals surface area (Å²) in [5, 5.41) is 4.86. The second-order valence-electron chi connectivity index (χ2n) is 5.50. The number of thiophene rings is 1. The fraction of sp³-hybridized carbons (Fsp3) is 0.294. The van der Waals surface area contributed by atoms with E-state index in [1.807, 2.05) is 42.6 Å². The maximum absolute atomic E-state index is 12.2. The van der Waals surface area contributed by atoms with E-state index in [9.17, 15) is 9.59 Å². The van der Waals surface area contributed by atoms with Crippen molar-refractivity contribution in [1.82, 2.24) is 0 Å². The standard InChI is InChI=1S/C17H18N2O2S/c1-12-9-15(22-11-12)17(21)18-13-5-4-6-14(10-13)19-8-3-2-7-16(19)20/h4-6,9-11H,2-3,7-8H2,1H3,(H,18,21). The summed E-state index contributed by atoms with van der Waals surface area (Å²) in [4.78, 5) is 26.7. The van der Waals surface area contributed by atoms with E-state index in [-0.39, 0.29) is 11.8 Å². The number of benzene rings is 1. The monoisotopic (exact) mass is 314 g/mol. The minimum atomic E-state index is -0.111. The number of rotatable bonds is 3. The topological polar surface area (TPSA) is 49.4 Å². The van der Waals surface area contributed by atoms with E-state index in [0.717, 1.165) is 30.6 Å². The second kappa shape index (κ2) is 6.32. The lowest BCUT2D eigenvalue weighted by atomic mass is 10.1. The maximum atomic E-state index is 12.2. The number of aryl methyl sites for hydroxylation is 1. The van der Waals surface area contributed by atoms with Gasteiger partial charge in [0.05, 0.1) is 4.88 Å². The van der Waals surface area contributed by atoms with Gasteiger partial charge in [0.15, 0.2) is 0 Å². The molecule has 1 saturated heterocycles. The van der Waals surface area contributed by atoms with Gasteiger partial charge in [-0.15, -0.1) is 11.3 Å². The van der Waals surface area contributed by atoms with Gasteiger partial charge >= 0.3 is 0 Å². The van der Waals surface area contributed by atoms with Gasteiger partial charge in [0.25, 0.3) is 5.91 Å². The summed E-state index contributed by atoms with van der Waals surface area (Å²) < 4.78 is 0. The predicted octanol–water partition coefficient (Wildman–Crippen LogP) is 3.83. The lowest BCUT2D eigenvalue weighted by molar-refractivity contribution is -0.119. The third-order valence-electron chi connectivity index (χ3n) is 3.69. The molecule has 2 amide bonds. The molecule has 4 nitrogen and oxygen atoms in total. The smallest absolute Gasteiger partial charge is 0.265 e. The van der Waals surface area contributed by atoms with Crippen LogP contribution in [0.2, 0.25) is 0 Å². The summed E-state index contributed by atoms with van der Waals surface area (Å²) in [7, 11) is 0. The van der Waals surface area contributed by atoms with Crippen LogP contribution >= 0.6 is 11.3 Å². The Bertz CT molecular complexity index is 708. The fourth-order valence-corrected chi connectivity index (χ4v) is 3.37. The molecule has 114 valence electrons. The molecule has 0 saturated carbocycles. The SMILES string of the molecule is Cc1csc(C(=O)Nc2cccc(N3CCCCC3=O)c2)c1. The molecule has 3 rings (SSSR count). The Morgan fingerprint density at radius 1 is 1.27 bits per heavy atom. The predicted molar refractivity (Wildman–Crippen MR) is 89.7 cm³/mol. The van der Waals surface area contributed by atoms with E-state index in [2.05, 4.69) is 5.32 Å². The fourth-order valence-electron chi connectivity index (χ4n) is 2.57. The first-order valence-electron chi connectivity index (χ1n) is 7.40. The van der Waals surface area contributed by atoms with Crippen molar-refractivity contribution in [3.8, 4) is 0 Å². The number of hydrogen-bond acceptors (Lipinski definition) is 3. The minimum Gasteiger partial charge on any atom is -0.321 e. The van der Waals surface area contributed by atoms with Gasteiger partial charge in [-0.1, -0.05) is 6.07 Å². The molecule has 2 heterocycles. The molecule has 1 aromatic heterocycles. The molecule has 1 aliphatic rings. The van der Waals surface area contributed by atoms with E-state index >= 15 is 0 Å². The molecule has 0 atom stereocenters. The van der Waals surface area contributed by atoms with Crippen molar-refractivity contribution in [2.45, 2.75) is 26.2 Å². The zero-order valence-corrected chi connectivity index (χ0v) is 13.3. The summed E-state index contributed by atoms with van der Waals surface area (Å²) >= 11 is 1.43. The Morgan fingerprint density at radius 3 is 2.86 bits per heavy atom. The van der Waals surface area contributed by atoms with E-state index in [1.165, 1.54) is 11.3 Å². The average molecular weight is 314 g/mol. The van der Waals surface area contributed by atoms with Crippen molar-refractivity contribution < 1.29 is 9.59 Å². The van der Waals surface area contributed by atoms with Gasteiger partial charge < -0.3 is 10.2 Å². The molecule has 1 aromatic carbocycles. The largest absolute Gasteiger partial charge is 0.321 e. The zero-order chi connectivity index (χ0) is 15.5. The lowest BCUT2D eigenvalue weighted by Crippen LogP contribution is -2.35. The summed E-state index contributed by atoms with van der Waals surface area (Å²) in [6.45, 7) is 2.72. The van der Waals surface area contributed by atoms with Gasteiger partial charge in [0.1, 0.15) is 0 Å². The molecule has 0 unspecified atom stereocenters. The Balaban J connectivity index is 1.76. The third kappa shape index (κ3) is 3.20. The number of piperidine rings is 1. The van der Waals surface area contributed by atoms with Crippen LogP contribution in [0.25, 0.3) is 0 Å². The van der Waals surface area contributed by atoms with Crippen LogP contribution in [0, 0.1) is 6.92 Å². The minimum absolute atomic E-state index is 0.111. The van der Waals surface area contributed by atoms with Crippen LogP contribution in [0.1, 0.15) is 34.5 Å². The molecule has 5 heteroatoms. The van der Waals surface area contributed by atoms with E-state index in [0.29, 0.717) is 17.0 Å². The van der Waals surface area contributed by atoms with Crippen LogP contribution in [0.15, 0.2) is 35.7 Å². The number of nitrogens with one attached hydrogen (secondary N) is 1. The lowest BCUT2D eigenvalue weighted by Gasteiger charge is -2.27. The van der Waals surface area contributed by atoms with Crippen LogP contribution in [0.4, 0.5) is 11.4 Å². The molecular formula is C17H18N2O2S. The number of hydrogen-bond donors (Lipinski definition) is 1. The zero-order valence-electron chi connectivity index (χ0n) is 12.5. The average Bonchev–Trinajstić information content (AvgIpc) is 2.95. The van der Waals surface area contributed by atoms with E-state index < -0.39 is 0 Å². The van der Waals surface area contributed by atoms with Gasteiger partial charge in [0, 0.05) is 24.3 Å². The number of amides is 2. The van der Waals surface area contributed by atoms with Crippen molar-refractivity contribution in [3.05, 3.63) is 46.2 Å². The normalized spacial score (nSPS) is 15.0. The molecule has 1 fully saturated rings. The van der Waals surface area contributed by atoms with Crippen molar-refractivity contribution in [1.29, 1.82) is 0 Å². The maximum Gasteiger partial charge on any atom is 0.265 e. The quantitative estimate of drug-likeness (QED) is 0.936. The molecule has 0 spiro atoms. The molecule has 0 bridgehead atoms. The first-order valence-corrected chi connectivity index (χ1v) is 8.28. The Labute approximate surface area is 133 Å². The number of nitrogens with zero attached hydrogens (tertiary/aromatic N) is 1. The van der Waals surface area contributed by atoms with Crippen molar-refractivity contribution >= 4 is 34.5 Å². The highest BCUT2D eigenvalue weighted by atomic mass is 32.1. The van der Waals surface area contributed by atoms with Gasteiger partial charge in [-0.25, -0.2) is 0 Å². The van der Waals surface area contributed by atoms with Crippen LogP contribution < -0.4 is 10.2 Å². The van der Waals surface area contributed by atoms with Crippen molar-refractivity contribution in [2.24, 2.45) is 0 Å². The number of carbonyl (C=O) groups excluding carboxylic acids is 2. The van der Waals surface area contributed by atoms with Gasteiger partial charge in [0.2, 0.25) is 5.91 Å². The second-order valence-corrected chi connectivity index (χ2v) is 6.41. The van der Waals surface area contributed by atoms with Crippen LogP contribution in [-0.4, -0.2) is 18.4 Å². The first-order chi connectivity index (χ1) is 10.6. The van der Waals surface area contributed by atoms with E-state index in [4.69, 9.17) is 0 Å². The Hall–Kier alpha value is -2.14. The Morgan fingerprint density at radius 2 is 2.14 bits per heavy atom. The first kappa shape index (κ1) is 14.8. The molecular weight excluding hydrogens is 296 g/mol. The molecule has 1 aliphatic heterocycles. The highest BCUT2D eigenvalue weighted by molar-refractivity contribution is 7.12. The Kier molecular flexibility index (Phi) is 4.24. The van der Waals surface area contributed by atoms with Crippen LogP contribution in [-0.2, 0) is 4.79 Å². The number of carbonyl (C=O) groups is 2. The van der Waals surface area contributed by atoms with Crippen LogP contribution in [0.5, 0.6) is 0 Å². The highest BCUT2D eigenvalue weighted by Gasteiger charge is 2.19. The van der Waals surface area contributed by atoms with Gasteiger partial charge in [-0.2, -0.15) is 0 Å². The molecule has 1 N–H and O–H groups in total. The summed E-state index contributed by atoms with van der Waals surface area (Å²) in [5.41, 5.74) is 2.65. The molecule has 2 aromatic rings. The summed E-state index contributed by atoms with van der Waals surface area (Å²) in [6, 6.07) is 9.36. The summed E-state index contributed by atoms with van der Waals surface area (Å²) in [5.74, 6) is 0.0452. The van der Waals surface area contributed by atoms with Crippen molar-refractivity contribution in [3.63, 3.8) is 0 Å².